The van der Waals surface area contributed by atoms with Crippen LogP contribution in [0, 0.1) is 5.82 Å². The van der Waals surface area contributed by atoms with E-state index in [0.29, 0.717) is 0 Å². The van der Waals surface area contributed by atoms with Gasteiger partial charge in [-0.15, -0.1) is 0 Å². The van der Waals surface area contributed by atoms with Crippen molar-refractivity contribution in [1.82, 2.24) is 4.31 Å². The first-order chi connectivity index (χ1) is 12.1. The predicted octanol–water partition coefficient (Wildman–Crippen LogP) is 4.34. The van der Waals surface area contributed by atoms with Crippen LogP contribution >= 0.6 is 11.9 Å². The highest BCUT2D eigenvalue weighted by Gasteiger charge is 2.16. The summed E-state index contributed by atoms with van der Waals surface area (Å²) in [5, 5.41) is 0. The van der Waals surface area contributed by atoms with E-state index in [9.17, 15) is 9.18 Å². The van der Waals surface area contributed by atoms with Crippen molar-refractivity contribution in [3.05, 3.63) is 71.6 Å². The van der Waals surface area contributed by atoms with Gasteiger partial charge in [0.2, 0.25) is 0 Å². The Bertz CT molecular complexity index is 774. The molecule has 0 atom stereocenters. The largest absolute Gasteiger partial charge is 0.469 e. The molecule has 0 saturated heterocycles. The zero-order valence-electron chi connectivity index (χ0n) is 14.1. The lowest BCUT2D eigenvalue weighted by Crippen LogP contribution is -2.22. The number of esters is 1. The van der Waals surface area contributed by atoms with Crippen LogP contribution in [0.1, 0.15) is 17.5 Å². The summed E-state index contributed by atoms with van der Waals surface area (Å²) in [7, 11) is 1.40. The average molecular weight is 357 g/mol. The van der Waals surface area contributed by atoms with Crippen LogP contribution in [-0.2, 0) is 16.0 Å². The molecule has 0 unspecified atom stereocenters. The summed E-state index contributed by atoms with van der Waals surface area (Å²) in [4.78, 5) is 12.5. The zero-order valence-corrected chi connectivity index (χ0v) is 14.9. The van der Waals surface area contributed by atoms with E-state index in [0.717, 1.165) is 35.5 Å². The van der Waals surface area contributed by atoms with Crippen LogP contribution in [0.5, 0.6) is 0 Å². The van der Waals surface area contributed by atoms with E-state index in [1.165, 1.54) is 24.8 Å². The lowest BCUT2D eigenvalue weighted by molar-refractivity contribution is -0.139. The van der Waals surface area contributed by atoms with Gasteiger partial charge in [-0.25, -0.2) is 8.70 Å². The van der Waals surface area contributed by atoms with Crippen LogP contribution in [0.25, 0.3) is 5.57 Å². The van der Waals surface area contributed by atoms with E-state index in [-0.39, 0.29) is 18.2 Å². The van der Waals surface area contributed by atoms with E-state index in [4.69, 9.17) is 4.74 Å². The number of carbonyl (C=O) groups is 1. The maximum absolute atomic E-state index is 13.0. The number of methoxy groups -OCH3 is 1. The summed E-state index contributed by atoms with van der Waals surface area (Å²) < 4.78 is 20.1. The fourth-order valence-electron chi connectivity index (χ4n) is 2.77. The highest BCUT2D eigenvalue weighted by Crippen LogP contribution is 2.30. The van der Waals surface area contributed by atoms with Gasteiger partial charge in [0, 0.05) is 18.0 Å². The molecule has 3 rings (SSSR count). The SMILES string of the molecule is COC(=O)Cc1cccc(C2=CCCN(Sc3ccc(F)cc3)C2)c1. The second-order valence-electron chi connectivity index (χ2n) is 5.88. The van der Waals surface area contributed by atoms with Crippen molar-refractivity contribution < 1.29 is 13.9 Å². The fourth-order valence-corrected chi connectivity index (χ4v) is 3.72. The molecule has 0 bridgehead atoms. The van der Waals surface area contributed by atoms with E-state index in [2.05, 4.69) is 22.5 Å². The van der Waals surface area contributed by atoms with Crippen molar-refractivity contribution in [1.29, 1.82) is 0 Å². The van der Waals surface area contributed by atoms with E-state index >= 15 is 0 Å². The fraction of sp³-hybridized carbons (Fsp3) is 0.250. The Kier molecular flexibility index (Phi) is 5.89. The molecule has 1 aliphatic heterocycles. The molecule has 3 nitrogen and oxygen atoms in total. The third-order valence-electron chi connectivity index (χ3n) is 4.04. The number of ether oxygens (including phenoxy) is 1. The Morgan fingerprint density at radius 3 is 2.80 bits per heavy atom. The van der Waals surface area contributed by atoms with E-state index in [1.54, 1.807) is 24.1 Å². The van der Waals surface area contributed by atoms with Gasteiger partial charge in [0.15, 0.2) is 0 Å². The summed E-state index contributed by atoms with van der Waals surface area (Å²) >= 11 is 1.64. The molecule has 0 radical (unpaired) electrons. The minimum absolute atomic E-state index is 0.217. The normalized spacial score (nSPS) is 14.9. The molecule has 5 heteroatoms. The molecule has 2 aromatic rings. The molecule has 0 aromatic heterocycles. The summed E-state index contributed by atoms with van der Waals surface area (Å²) in [6, 6.07) is 14.6. The van der Waals surface area contributed by atoms with E-state index in [1.807, 2.05) is 12.1 Å². The van der Waals surface area contributed by atoms with Crippen molar-refractivity contribution in [2.45, 2.75) is 17.7 Å². The third kappa shape index (κ3) is 4.94. The summed E-state index contributed by atoms with van der Waals surface area (Å²) in [5.41, 5.74) is 3.33. The Hall–Kier alpha value is -2.11. The number of halogens is 1. The molecule has 1 aliphatic rings. The zero-order chi connectivity index (χ0) is 17.6. The van der Waals surface area contributed by atoms with Crippen LogP contribution in [0.4, 0.5) is 4.39 Å². The molecule has 0 aliphatic carbocycles. The van der Waals surface area contributed by atoms with Gasteiger partial charge in [-0.05, 0) is 59.3 Å². The van der Waals surface area contributed by atoms with Crippen LogP contribution in [0.15, 0.2) is 59.5 Å². The molecule has 0 amide bonds. The molecule has 25 heavy (non-hydrogen) atoms. The Labute approximate surface area is 151 Å². The molecular weight excluding hydrogens is 337 g/mol. The first-order valence-corrected chi connectivity index (χ1v) is 8.95. The topological polar surface area (TPSA) is 29.5 Å². The van der Waals surface area contributed by atoms with Gasteiger partial charge in [-0.2, -0.15) is 0 Å². The van der Waals surface area contributed by atoms with Crippen molar-refractivity contribution in [3.8, 4) is 0 Å². The molecule has 0 spiro atoms. The van der Waals surface area contributed by atoms with Gasteiger partial charge in [-0.1, -0.05) is 30.3 Å². The van der Waals surface area contributed by atoms with E-state index < -0.39 is 0 Å². The Morgan fingerprint density at radius 1 is 1.24 bits per heavy atom. The van der Waals surface area contributed by atoms with Gasteiger partial charge in [-0.3, -0.25) is 4.79 Å². The molecule has 2 aromatic carbocycles. The van der Waals surface area contributed by atoms with Gasteiger partial charge in [0.25, 0.3) is 0 Å². The summed E-state index contributed by atoms with van der Waals surface area (Å²) in [6.45, 7) is 1.76. The van der Waals surface area contributed by atoms with Gasteiger partial charge in [0.1, 0.15) is 5.82 Å². The van der Waals surface area contributed by atoms with Crippen LogP contribution in [0.3, 0.4) is 0 Å². The number of hydrogen-bond donors (Lipinski definition) is 0. The highest BCUT2D eigenvalue weighted by atomic mass is 32.2. The monoisotopic (exact) mass is 357 g/mol. The predicted molar refractivity (Wildman–Crippen MR) is 98.6 cm³/mol. The molecule has 0 N–H and O–H groups in total. The van der Waals surface area contributed by atoms with Crippen LogP contribution in [-0.4, -0.2) is 30.5 Å². The smallest absolute Gasteiger partial charge is 0.309 e. The second-order valence-corrected chi connectivity index (χ2v) is 7.05. The van der Waals surface area contributed by atoms with Crippen molar-refractivity contribution in [3.63, 3.8) is 0 Å². The molecule has 0 saturated carbocycles. The van der Waals surface area contributed by atoms with Gasteiger partial charge in [0.05, 0.1) is 13.5 Å². The first kappa shape index (κ1) is 17.7. The Morgan fingerprint density at radius 2 is 2.04 bits per heavy atom. The number of hydrogen-bond acceptors (Lipinski definition) is 4. The lowest BCUT2D eigenvalue weighted by Gasteiger charge is -2.26. The van der Waals surface area contributed by atoms with Crippen LogP contribution < -0.4 is 0 Å². The standard InChI is InChI=1S/C20H20FNO2S/c1-24-20(23)13-15-4-2-5-16(12-15)17-6-3-11-22(14-17)25-19-9-7-18(21)8-10-19/h2,4-10,12H,3,11,13-14H2,1H3. The van der Waals surface area contributed by atoms with Crippen molar-refractivity contribution in [2.24, 2.45) is 0 Å². The minimum Gasteiger partial charge on any atom is -0.469 e. The highest BCUT2D eigenvalue weighted by molar-refractivity contribution is 7.97. The van der Waals surface area contributed by atoms with Crippen molar-refractivity contribution in [2.75, 3.05) is 20.2 Å². The number of nitrogens with zero attached hydrogens (tertiary/aromatic N) is 1. The maximum Gasteiger partial charge on any atom is 0.309 e. The molecule has 1 heterocycles. The number of carbonyl (C=O) groups excluding carboxylic acids is 1. The average Bonchev–Trinajstić information content (AvgIpc) is 2.64. The summed E-state index contributed by atoms with van der Waals surface area (Å²) in [5.74, 6) is -0.450. The first-order valence-electron chi connectivity index (χ1n) is 8.17. The van der Waals surface area contributed by atoms with Gasteiger partial charge < -0.3 is 4.74 Å². The quantitative estimate of drug-likeness (QED) is 0.588. The second kappa shape index (κ2) is 8.32. The molecule has 130 valence electrons. The van der Waals surface area contributed by atoms with Crippen LogP contribution in [0.2, 0.25) is 0 Å². The maximum atomic E-state index is 13.0. The summed E-state index contributed by atoms with van der Waals surface area (Å²) in [6.07, 6.45) is 3.50. The van der Waals surface area contributed by atoms with Gasteiger partial charge >= 0.3 is 5.97 Å². The number of rotatable bonds is 5. The van der Waals surface area contributed by atoms with Crippen molar-refractivity contribution >= 4 is 23.5 Å². The number of benzene rings is 2. The minimum atomic E-state index is -0.233. The Balaban J connectivity index is 1.68. The molecule has 0 fully saturated rings. The lowest BCUT2D eigenvalue weighted by atomic mass is 9.99. The molecular formula is C20H20FNO2S. The third-order valence-corrected chi connectivity index (χ3v) is 5.09.